The Morgan fingerprint density at radius 2 is 1.88 bits per heavy atom. The molecule has 2 N–H and O–H groups in total. The lowest BCUT2D eigenvalue weighted by atomic mass is 9.84. The van der Waals surface area contributed by atoms with E-state index in [1.54, 1.807) is 23.7 Å². The Kier molecular flexibility index (Phi) is 5.55. The second kappa shape index (κ2) is 8.40. The highest BCUT2D eigenvalue weighted by Crippen LogP contribution is 2.51. The highest BCUT2D eigenvalue weighted by molar-refractivity contribution is 7.89. The number of hydrogen-bond donors (Lipinski definition) is 2. The normalized spacial score (nSPS) is 24.5. The van der Waals surface area contributed by atoms with Gasteiger partial charge in [-0.05, 0) is 83.4 Å². The number of sulfonamides is 1. The van der Waals surface area contributed by atoms with Gasteiger partial charge in [0.25, 0.3) is 0 Å². The van der Waals surface area contributed by atoms with Gasteiger partial charge in [0, 0.05) is 13.1 Å². The summed E-state index contributed by atoms with van der Waals surface area (Å²) in [6.07, 6.45) is 2.55. The van der Waals surface area contributed by atoms with Crippen LogP contribution in [-0.4, -0.2) is 47.2 Å². The Morgan fingerprint density at radius 1 is 1.15 bits per heavy atom. The molecule has 174 valence electrons. The van der Waals surface area contributed by atoms with Crippen molar-refractivity contribution in [1.29, 1.82) is 0 Å². The van der Waals surface area contributed by atoms with E-state index in [1.165, 1.54) is 23.5 Å². The van der Waals surface area contributed by atoms with Gasteiger partial charge in [-0.15, -0.1) is 0 Å². The number of ether oxygens (including phenoxy) is 1. The number of hydroxylamine groups is 1. The number of aromatic nitrogens is 2. The standard InChI is InChI=1S/C22H24N4O6S/c1-26(21-15-4-3-14(11-15)20(21)22(27)23-28)33(29,30)17-7-5-16(6-8-17)31-12-13-2-9-18-19(10-13)25-32-24-18/h2,5-10,14-15,20-21,28H,3-4,11-12H2,1H3,(H,23,27)/t14-,15+,20+,21-/m1/s1. The zero-order chi connectivity index (χ0) is 23.2. The molecule has 1 amide bonds. The van der Waals surface area contributed by atoms with Crippen molar-refractivity contribution in [3.8, 4) is 5.75 Å². The fourth-order valence-electron chi connectivity index (χ4n) is 5.35. The van der Waals surface area contributed by atoms with E-state index in [0.717, 1.165) is 24.8 Å². The summed E-state index contributed by atoms with van der Waals surface area (Å²) in [5, 5.41) is 16.7. The second-order valence-electron chi connectivity index (χ2n) is 8.69. The molecule has 10 nitrogen and oxygen atoms in total. The van der Waals surface area contributed by atoms with Gasteiger partial charge >= 0.3 is 0 Å². The molecule has 0 saturated heterocycles. The zero-order valence-electron chi connectivity index (χ0n) is 17.9. The number of rotatable bonds is 7. The third kappa shape index (κ3) is 3.85. The molecule has 3 aromatic rings. The van der Waals surface area contributed by atoms with Crippen LogP contribution in [0, 0.1) is 17.8 Å². The lowest BCUT2D eigenvalue weighted by Crippen LogP contribution is -2.50. The molecule has 0 unspecified atom stereocenters. The van der Waals surface area contributed by atoms with Gasteiger partial charge in [0.1, 0.15) is 23.4 Å². The first kappa shape index (κ1) is 21.8. The largest absolute Gasteiger partial charge is 0.489 e. The molecule has 2 fully saturated rings. The lowest BCUT2D eigenvalue weighted by Gasteiger charge is -2.35. The number of nitrogens with one attached hydrogen (secondary N) is 1. The van der Waals surface area contributed by atoms with Gasteiger partial charge in [-0.2, -0.15) is 4.31 Å². The summed E-state index contributed by atoms with van der Waals surface area (Å²) in [5.41, 5.74) is 3.89. The molecule has 0 spiro atoms. The Hall–Kier alpha value is -3.02. The highest BCUT2D eigenvalue weighted by atomic mass is 32.2. The van der Waals surface area contributed by atoms with E-state index in [4.69, 9.17) is 9.94 Å². The summed E-state index contributed by atoms with van der Waals surface area (Å²) in [7, 11) is -2.32. The first-order valence-electron chi connectivity index (χ1n) is 10.7. The summed E-state index contributed by atoms with van der Waals surface area (Å²) in [4.78, 5) is 12.4. The number of carbonyl (C=O) groups is 1. The molecule has 2 bridgehead atoms. The summed E-state index contributed by atoms with van der Waals surface area (Å²) in [6, 6.07) is 11.2. The number of nitrogens with zero attached hydrogens (tertiary/aromatic N) is 3. The van der Waals surface area contributed by atoms with Crippen molar-refractivity contribution < 1.29 is 27.8 Å². The van der Waals surface area contributed by atoms with Crippen LogP contribution in [0.2, 0.25) is 0 Å². The van der Waals surface area contributed by atoms with Crippen LogP contribution in [0.1, 0.15) is 24.8 Å². The Morgan fingerprint density at radius 3 is 2.64 bits per heavy atom. The quantitative estimate of drug-likeness (QED) is 0.395. The van der Waals surface area contributed by atoms with Gasteiger partial charge in [0.15, 0.2) is 0 Å². The van der Waals surface area contributed by atoms with Crippen LogP contribution in [0.3, 0.4) is 0 Å². The number of carbonyl (C=O) groups excluding carboxylic acids is 1. The Bertz CT molecular complexity index is 1280. The minimum absolute atomic E-state index is 0.0906. The minimum atomic E-state index is -3.83. The second-order valence-corrected chi connectivity index (χ2v) is 10.7. The molecule has 1 heterocycles. The van der Waals surface area contributed by atoms with E-state index < -0.39 is 27.9 Å². The predicted octanol–water partition coefficient (Wildman–Crippen LogP) is 2.34. The van der Waals surface area contributed by atoms with Gasteiger partial charge in [0.2, 0.25) is 15.9 Å². The molecule has 2 aromatic carbocycles. The van der Waals surface area contributed by atoms with Crippen molar-refractivity contribution in [3.63, 3.8) is 0 Å². The summed E-state index contributed by atoms with van der Waals surface area (Å²) < 4.78 is 38.4. The fraction of sp³-hybridized carbons (Fsp3) is 0.409. The molecular weight excluding hydrogens is 448 g/mol. The number of hydrogen-bond acceptors (Lipinski definition) is 8. The SMILES string of the molecule is CN([C@@H]1[C@H]2CC[C@H](C2)[C@@H]1C(=O)NO)S(=O)(=O)c1ccc(OCc2ccc3nonc3c2)cc1. The molecule has 2 aliphatic carbocycles. The monoisotopic (exact) mass is 472 g/mol. The molecule has 0 aliphatic heterocycles. The average Bonchev–Trinajstić information content (AvgIpc) is 3.57. The zero-order valence-corrected chi connectivity index (χ0v) is 18.7. The summed E-state index contributed by atoms with van der Waals surface area (Å²) >= 11 is 0. The Labute approximate surface area is 190 Å². The molecule has 2 aliphatic rings. The lowest BCUT2D eigenvalue weighted by molar-refractivity contribution is -0.136. The Balaban J connectivity index is 1.29. The van der Waals surface area contributed by atoms with Crippen LogP contribution in [0.4, 0.5) is 0 Å². The summed E-state index contributed by atoms with van der Waals surface area (Å²) in [5.74, 6) is -0.344. The van der Waals surface area contributed by atoms with E-state index in [1.807, 2.05) is 12.1 Å². The maximum absolute atomic E-state index is 13.3. The third-order valence-electron chi connectivity index (χ3n) is 6.93. The van der Waals surface area contributed by atoms with Crippen LogP contribution in [0.25, 0.3) is 11.0 Å². The van der Waals surface area contributed by atoms with Crippen molar-refractivity contribution in [1.82, 2.24) is 20.1 Å². The van der Waals surface area contributed by atoms with E-state index >= 15 is 0 Å². The van der Waals surface area contributed by atoms with Crippen molar-refractivity contribution >= 4 is 27.0 Å². The van der Waals surface area contributed by atoms with Crippen LogP contribution in [-0.2, 0) is 21.4 Å². The first-order chi connectivity index (χ1) is 15.9. The third-order valence-corrected chi connectivity index (χ3v) is 8.80. The molecule has 2 saturated carbocycles. The van der Waals surface area contributed by atoms with E-state index in [-0.39, 0.29) is 23.3 Å². The van der Waals surface area contributed by atoms with Crippen LogP contribution < -0.4 is 10.2 Å². The van der Waals surface area contributed by atoms with Gasteiger partial charge in [-0.25, -0.2) is 18.5 Å². The maximum atomic E-state index is 13.3. The van der Waals surface area contributed by atoms with Crippen LogP contribution >= 0.6 is 0 Å². The van der Waals surface area contributed by atoms with Crippen LogP contribution in [0.15, 0.2) is 52.0 Å². The number of amides is 1. The molecular formula is C22H24N4O6S. The average molecular weight is 473 g/mol. The summed E-state index contributed by atoms with van der Waals surface area (Å²) in [6.45, 7) is 0.276. The van der Waals surface area contributed by atoms with Gasteiger partial charge < -0.3 is 4.74 Å². The van der Waals surface area contributed by atoms with Crippen molar-refractivity contribution in [2.24, 2.45) is 17.8 Å². The fourth-order valence-corrected chi connectivity index (χ4v) is 6.78. The van der Waals surface area contributed by atoms with Gasteiger partial charge in [-0.1, -0.05) is 6.07 Å². The molecule has 33 heavy (non-hydrogen) atoms. The number of fused-ring (bicyclic) bond motifs is 3. The van der Waals surface area contributed by atoms with Crippen molar-refractivity contribution in [3.05, 3.63) is 48.0 Å². The van der Waals surface area contributed by atoms with Gasteiger partial charge in [-0.3, -0.25) is 10.0 Å². The van der Waals surface area contributed by atoms with Crippen LogP contribution in [0.5, 0.6) is 5.75 Å². The first-order valence-corrected chi connectivity index (χ1v) is 12.2. The number of benzene rings is 2. The molecule has 4 atom stereocenters. The van der Waals surface area contributed by atoms with E-state index in [2.05, 4.69) is 14.9 Å². The minimum Gasteiger partial charge on any atom is -0.489 e. The topological polar surface area (TPSA) is 135 Å². The molecule has 11 heteroatoms. The molecule has 1 aromatic heterocycles. The van der Waals surface area contributed by atoms with Crippen molar-refractivity contribution in [2.45, 2.75) is 36.8 Å². The van der Waals surface area contributed by atoms with E-state index in [0.29, 0.717) is 16.8 Å². The van der Waals surface area contributed by atoms with Crippen molar-refractivity contribution in [2.75, 3.05) is 7.05 Å². The maximum Gasteiger partial charge on any atom is 0.248 e. The smallest absolute Gasteiger partial charge is 0.248 e. The molecule has 5 rings (SSSR count). The molecule has 0 radical (unpaired) electrons. The highest BCUT2D eigenvalue weighted by Gasteiger charge is 2.54. The predicted molar refractivity (Wildman–Crippen MR) is 116 cm³/mol. The van der Waals surface area contributed by atoms with E-state index in [9.17, 15) is 13.2 Å². The van der Waals surface area contributed by atoms with Gasteiger partial charge in [0.05, 0.1) is 10.8 Å².